The van der Waals surface area contributed by atoms with Gasteiger partial charge in [-0.25, -0.2) is 18.3 Å². The summed E-state index contributed by atoms with van der Waals surface area (Å²) in [6.07, 6.45) is 1.48. The Kier molecular flexibility index (Phi) is 3.74. The average molecular weight is 268 g/mol. The number of benzene rings is 1. The smallest absolute Gasteiger partial charge is 0.358 e. The van der Waals surface area contributed by atoms with Crippen LogP contribution in [0.25, 0.3) is 0 Å². The van der Waals surface area contributed by atoms with Gasteiger partial charge in [-0.3, -0.25) is 0 Å². The van der Waals surface area contributed by atoms with Gasteiger partial charge in [0.1, 0.15) is 5.82 Å². The van der Waals surface area contributed by atoms with Crippen LogP contribution in [-0.4, -0.2) is 22.9 Å². The highest BCUT2D eigenvalue weighted by Gasteiger charge is 2.10. The monoisotopic (exact) mass is 268 g/mol. The zero-order chi connectivity index (χ0) is 13.8. The Balaban J connectivity index is 2.02. The van der Waals surface area contributed by atoms with Crippen LogP contribution in [0, 0.1) is 11.6 Å². The molecule has 0 aliphatic rings. The van der Waals surface area contributed by atoms with Gasteiger partial charge in [0.05, 0.1) is 7.11 Å². The number of nitrogens with zero attached hydrogens (tertiary/aromatic N) is 2. The number of rotatable bonds is 4. The Bertz CT molecular complexity index is 598. The summed E-state index contributed by atoms with van der Waals surface area (Å²) in [5.74, 6) is -2.17. The van der Waals surface area contributed by atoms with Gasteiger partial charge in [0.15, 0.2) is 24.0 Å². The van der Waals surface area contributed by atoms with Crippen molar-refractivity contribution >= 4 is 5.97 Å². The molecule has 2 rings (SSSR count). The molecule has 100 valence electrons. The summed E-state index contributed by atoms with van der Waals surface area (Å²) >= 11 is 0. The number of esters is 1. The Hall–Kier alpha value is -2.44. The lowest BCUT2D eigenvalue weighted by atomic mass is 10.3. The van der Waals surface area contributed by atoms with Crippen molar-refractivity contribution in [2.45, 2.75) is 6.73 Å². The van der Waals surface area contributed by atoms with Crippen LogP contribution in [0.1, 0.15) is 10.5 Å². The van der Waals surface area contributed by atoms with E-state index in [4.69, 9.17) is 4.74 Å². The molecule has 0 N–H and O–H groups in total. The molecular formula is C12H10F2N2O3. The Morgan fingerprint density at radius 3 is 2.84 bits per heavy atom. The van der Waals surface area contributed by atoms with Crippen LogP contribution in [0.5, 0.6) is 5.75 Å². The fourth-order valence-corrected chi connectivity index (χ4v) is 1.37. The number of carbonyl (C=O) groups excluding carboxylic acids is 1. The van der Waals surface area contributed by atoms with E-state index < -0.39 is 17.6 Å². The summed E-state index contributed by atoms with van der Waals surface area (Å²) in [6.45, 7) is -0.112. The predicted molar refractivity (Wildman–Crippen MR) is 60.6 cm³/mol. The number of hydrogen-bond acceptors (Lipinski definition) is 4. The average Bonchev–Trinajstić information content (AvgIpc) is 2.85. The standard InChI is InChI=1S/C12H10F2N2O3/c1-18-12(17)10-4-5-16(15-10)7-19-11-3-2-8(13)6-9(11)14/h2-6H,7H2,1H3. The summed E-state index contributed by atoms with van der Waals surface area (Å²) in [7, 11) is 1.24. The lowest BCUT2D eigenvalue weighted by Gasteiger charge is -2.06. The van der Waals surface area contributed by atoms with E-state index in [0.717, 1.165) is 12.1 Å². The van der Waals surface area contributed by atoms with Gasteiger partial charge in [0, 0.05) is 12.3 Å². The zero-order valence-corrected chi connectivity index (χ0v) is 9.97. The van der Waals surface area contributed by atoms with Crippen LogP contribution >= 0.6 is 0 Å². The van der Waals surface area contributed by atoms with E-state index in [2.05, 4.69) is 9.84 Å². The normalized spacial score (nSPS) is 10.3. The summed E-state index contributed by atoms with van der Waals surface area (Å²) in [4.78, 5) is 11.2. The molecule has 0 bridgehead atoms. The quantitative estimate of drug-likeness (QED) is 0.796. The van der Waals surface area contributed by atoms with Crippen LogP contribution in [0.2, 0.25) is 0 Å². The van der Waals surface area contributed by atoms with E-state index in [1.54, 1.807) is 0 Å². The van der Waals surface area contributed by atoms with Gasteiger partial charge < -0.3 is 9.47 Å². The first kappa shape index (κ1) is 13.0. The Morgan fingerprint density at radius 1 is 1.37 bits per heavy atom. The maximum Gasteiger partial charge on any atom is 0.358 e. The molecule has 0 fully saturated rings. The number of carbonyl (C=O) groups is 1. The lowest BCUT2D eigenvalue weighted by Crippen LogP contribution is -2.09. The number of aromatic nitrogens is 2. The molecule has 0 radical (unpaired) electrons. The van der Waals surface area contributed by atoms with E-state index in [1.807, 2.05) is 0 Å². The van der Waals surface area contributed by atoms with Crippen molar-refractivity contribution in [1.29, 1.82) is 0 Å². The van der Waals surface area contributed by atoms with E-state index in [1.165, 1.54) is 30.1 Å². The lowest BCUT2D eigenvalue weighted by molar-refractivity contribution is 0.0591. The SMILES string of the molecule is COC(=O)c1ccn(COc2ccc(F)cc2F)n1. The van der Waals surface area contributed by atoms with Crippen molar-refractivity contribution in [2.24, 2.45) is 0 Å². The van der Waals surface area contributed by atoms with Crippen LogP contribution in [0.3, 0.4) is 0 Å². The van der Waals surface area contributed by atoms with Crippen LogP contribution in [-0.2, 0) is 11.5 Å². The number of methoxy groups -OCH3 is 1. The first-order valence-corrected chi connectivity index (χ1v) is 5.30. The minimum atomic E-state index is -0.805. The molecule has 1 aromatic heterocycles. The molecule has 19 heavy (non-hydrogen) atoms. The summed E-state index contributed by atoms with van der Waals surface area (Å²) < 4.78 is 36.8. The number of hydrogen-bond donors (Lipinski definition) is 0. The van der Waals surface area contributed by atoms with Gasteiger partial charge >= 0.3 is 5.97 Å². The van der Waals surface area contributed by atoms with Crippen molar-refractivity contribution in [3.8, 4) is 5.75 Å². The van der Waals surface area contributed by atoms with Crippen LogP contribution < -0.4 is 4.74 Å². The van der Waals surface area contributed by atoms with Crippen molar-refractivity contribution in [2.75, 3.05) is 7.11 Å². The topological polar surface area (TPSA) is 53.4 Å². The summed E-state index contributed by atoms with van der Waals surface area (Å²) in [5.41, 5.74) is 0.116. The second-order valence-corrected chi connectivity index (χ2v) is 3.58. The maximum atomic E-state index is 13.3. The molecule has 1 aromatic carbocycles. The van der Waals surface area contributed by atoms with E-state index >= 15 is 0 Å². The van der Waals surface area contributed by atoms with Gasteiger partial charge in [-0.15, -0.1) is 0 Å². The van der Waals surface area contributed by atoms with Gasteiger partial charge in [-0.05, 0) is 18.2 Å². The van der Waals surface area contributed by atoms with Gasteiger partial charge in [0.2, 0.25) is 0 Å². The molecule has 0 atom stereocenters. The first-order valence-electron chi connectivity index (χ1n) is 5.30. The molecule has 7 heteroatoms. The molecule has 1 heterocycles. The third kappa shape index (κ3) is 3.06. The fraction of sp³-hybridized carbons (Fsp3) is 0.167. The number of halogens is 2. The highest BCUT2D eigenvalue weighted by molar-refractivity contribution is 5.86. The number of ether oxygens (including phenoxy) is 2. The molecule has 0 saturated carbocycles. The summed E-state index contributed by atoms with van der Waals surface area (Å²) in [6, 6.07) is 4.42. The highest BCUT2D eigenvalue weighted by Crippen LogP contribution is 2.17. The highest BCUT2D eigenvalue weighted by atomic mass is 19.1. The predicted octanol–water partition coefficient (Wildman–Crippen LogP) is 1.98. The first-order chi connectivity index (χ1) is 9.10. The van der Waals surface area contributed by atoms with Crippen molar-refractivity contribution in [3.05, 3.63) is 47.8 Å². The van der Waals surface area contributed by atoms with Crippen LogP contribution in [0.15, 0.2) is 30.5 Å². The van der Waals surface area contributed by atoms with Gasteiger partial charge in [-0.2, -0.15) is 5.10 Å². The van der Waals surface area contributed by atoms with Crippen molar-refractivity contribution < 1.29 is 23.0 Å². The molecule has 0 unspecified atom stereocenters. The van der Waals surface area contributed by atoms with E-state index in [9.17, 15) is 13.6 Å². The Morgan fingerprint density at radius 2 is 2.16 bits per heavy atom. The third-order valence-electron chi connectivity index (χ3n) is 2.28. The minimum absolute atomic E-state index is 0.100. The summed E-state index contributed by atoms with van der Waals surface area (Å²) in [5, 5.41) is 3.86. The van der Waals surface area contributed by atoms with Crippen LogP contribution in [0.4, 0.5) is 8.78 Å². The van der Waals surface area contributed by atoms with Gasteiger partial charge in [0.25, 0.3) is 0 Å². The largest absolute Gasteiger partial charge is 0.468 e. The molecule has 2 aromatic rings. The maximum absolute atomic E-state index is 13.3. The second-order valence-electron chi connectivity index (χ2n) is 3.58. The zero-order valence-electron chi connectivity index (χ0n) is 9.97. The minimum Gasteiger partial charge on any atom is -0.468 e. The van der Waals surface area contributed by atoms with Gasteiger partial charge in [-0.1, -0.05) is 0 Å². The molecule has 0 aliphatic heterocycles. The third-order valence-corrected chi connectivity index (χ3v) is 2.28. The van der Waals surface area contributed by atoms with E-state index in [-0.39, 0.29) is 18.2 Å². The molecule has 0 aliphatic carbocycles. The molecule has 0 saturated heterocycles. The molecule has 0 amide bonds. The fourth-order valence-electron chi connectivity index (χ4n) is 1.37. The molecule has 0 spiro atoms. The molecule has 5 nitrogen and oxygen atoms in total. The van der Waals surface area contributed by atoms with Crippen molar-refractivity contribution in [3.63, 3.8) is 0 Å². The van der Waals surface area contributed by atoms with Crippen molar-refractivity contribution in [1.82, 2.24) is 9.78 Å². The Labute approximate surface area is 107 Å². The van der Waals surface area contributed by atoms with E-state index in [0.29, 0.717) is 0 Å². The second kappa shape index (κ2) is 5.47. The molecular weight excluding hydrogens is 258 g/mol.